The highest BCUT2D eigenvalue weighted by Crippen LogP contribution is 2.41. The molecule has 1 aliphatic heterocycles. The lowest BCUT2D eigenvalue weighted by Crippen LogP contribution is -2.48. The molecule has 3 aliphatic rings. The highest BCUT2D eigenvalue weighted by Gasteiger charge is 2.43. The summed E-state index contributed by atoms with van der Waals surface area (Å²) >= 11 is 0. The van der Waals surface area contributed by atoms with E-state index in [0.717, 1.165) is 31.2 Å². The minimum Gasteiger partial charge on any atom is -0.406 e. The molecular formula is C20H25F3N4O3. The third-order valence-corrected chi connectivity index (χ3v) is 5.87. The predicted molar refractivity (Wildman–Crippen MR) is 102 cm³/mol. The summed E-state index contributed by atoms with van der Waals surface area (Å²) < 4.78 is 40.7. The summed E-state index contributed by atoms with van der Waals surface area (Å²) in [5.74, 6) is -0.173. The Kier molecular flexibility index (Phi) is 5.42. The smallest absolute Gasteiger partial charge is 0.406 e. The van der Waals surface area contributed by atoms with Gasteiger partial charge in [0.2, 0.25) is 0 Å². The number of halogens is 3. The Morgan fingerprint density at radius 3 is 2.43 bits per heavy atom. The summed E-state index contributed by atoms with van der Waals surface area (Å²) in [6.45, 7) is 1.11. The highest BCUT2D eigenvalue weighted by molar-refractivity contribution is 5.77. The summed E-state index contributed by atoms with van der Waals surface area (Å²) in [6, 6.07) is 5.78. The Morgan fingerprint density at radius 2 is 1.83 bits per heavy atom. The van der Waals surface area contributed by atoms with Gasteiger partial charge in [0, 0.05) is 38.1 Å². The fourth-order valence-electron chi connectivity index (χ4n) is 4.15. The van der Waals surface area contributed by atoms with Crippen molar-refractivity contribution in [1.29, 1.82) is 0 Å². The Hall–Kier alpha value is -2.65. The Labute approximate surface area is 172 Å². The van der Waals surface area contributed by atoms with Crippen LogP contribution in [0.4, 0.5) is 22.8 Å². The van der Waals surface area contributed by atoms with Crippen LogP contribution in [0, 0.1) is 0 Å². The lowest BCUT2D eigenvalue weighted by Gasteiger charge is -2.28. The van der Waals surface area contributed by atoms with E-state index < -0.39 is 6.36 Å². The third-order valence-electron chi connectivity index (χ3n) is 5.87. The van der Waals surface area contributed by atoms with Crippen molar-refractivity contribution < 1.29 is 27.5 Å². The minimum absolute atomic E-state index is 0.0272. The van der Waals surface area contributed by atoms with Gasteiger partial charge in [-0.3, -0.25) is 0 Å². The number of ether oxygens (including phenoxy) is 1. The highest BCUT2D eigenvalue weighted by atomic mass is 19.4. The molecule has 30 heavy (non-hydrogen) atoms. The molecule has 3 atom stereocenters. The van der Waals surface area contributed by atoms with Gasteiger partial charge in [0.1, 0.15) is 5.75 Å². The molecule has 0 unspecified atom stereocenters. The first kappa shape index (κ1) is 20.6. The van der Waals surface area contributed by atoms with Crippen LogP contribution in [0.1, 0.15) is 37.2 Å². The first-order valence-corrected chi connectivity index (χ1v) is 10.2. The van der Waals surface area contributed by atoms with Crippen LogP contribution in [0.2, 0.25) is 0 Å². The minimum atomic E-state index is -4.71. The molecule has 1 heterocycles. The molecule has 4 amide bonds. The lowest BCUT2D eigenvalue weighted by molar-refractivity contribution is -0.274. The Balaban J connectivity index is 1.27. The molecule has 0 spiro atoms. The number of carbonyl (C=O) groups is 2. The van der Waals surface area contributed by atoms with Crippen LogP contribution in [-0.2, 0) is 0 Å². The van der Waals surface area contributed by atoms with Crippen molar-refractivity contribution in [2.24, 2.45) is 0 Å². The van der Waals surface area contributed by atoms with Gasteiger partial charge in [-0.05, 0) is 43.4 Å². The second-order valence-electron chi connectivity index (χ2n) is 8.10. The fourth-order valence-corrected chi connectivity index (χ4v) is 4.15. The van der Waals surface area contributed by atoms with E-state index in [1.807, 2.05) is 4.90 Å². The van der Waals surface area contributed by atoms with Crippen molar-refractivity contribution in [3.05, 3.63) is 29.8 Å². The van der Waals surface area contributed by atoms with Crippen molar-refractivity contribution in [2.45, 2.75) is 56.1 Å². The van der Waals surface area contributed by atoms with Crippen molar-refractivity contribution in [3.63, 3.8) is 0 Å². The van der Waals surface area contributed by atoms with Crippen molar-refractivity contribution in [1.82, 2.24) is 20.4 Å². The second kappa shape index (κ2) is 7.88. The average molecular weight is 426 g/mol. The first-order valence-electron chi connectivity index (χ1n) is 10.2. The number of hydrogen-bond acceptors (Lipinski definition) is 3. The van der Waals surface area contributed by atoms with Crippen LogP contribution in [-0.4, -0.2) is 66.5 Å². The third kappa shape index (κ3) is 4.73. The summed E-state index contributed by atoms with van der Waals surface area (Å²) in [5.41, 5.74) is 0.869. The molecule has 0 aromatic heterocycles. The largest absolute Gasteiger partial charge is 0.573 e. The molecule has 0 bridgehead atoms. The Morgan fingerprint density at radius 1 is 1.13 bits per heavy atom. The van der Waals surface area contributed by atoms with Gasteiger partial charge in [-0.25, -0.2) is 9.59 Å². The molecule has 1 saturated heterocycles. The molecule has 2 saturated carbocycles. The van der Waals surface area contributed by atoms with E-state index in [1.165, 1.54) is 12.1 Å². The molecule has 2 N–H and O–H groups in total. The average Bonchev–Trinajstić information content (AvgIpc) is 3.60. The van der Waals surface area contributed by atoms with Gasteiger partial charge in [-0.15, -0.1) is 13.2 Å². The zero-order chi connectivity index (χ0) is 21.5. The van der Waals surface area contributed by atoms with Crippen LogP contribution >= 0.6 is 0 Å². The fraction of sp³-hybridized carbons (Fsp3) is 0.600. The normalized spacial score (nSPS) is 25.6. The standard InChI is InChI=1S/C20H25F3N4O3/c1-24-18(28)27(13-4-5-13)14-8-9-26(11-14)19(29)25-17-10-16(17)12-2-6-15(7-3-12)30-20(21,22)23/h2-3,6-7,13-14,16-17H,4-5,8-11H2,1H3,(H,24,28)(H,25,29)/t14-,16+,17-/m1/s1. The van der Waals surface area contributed by atoms with Gasteiger partial charge in [0.05, 0.1) is 6.04 Å². The number of benzene rings is 1. The summed E-state index contributed by atoms with van der Waals surface area (Å²) in [7, 11) is 1.62. The van der Waals surface area contributed by atoms with E-state index in [4.69, 9.17) is 0 Å². The predicted octanol–water partition coefficient (Wildman–Crippen LogP) is 3.03. The number of likely N-dealkylation sites (tertiary alicyclic amines) is 1. The summed E-state index contributed by atoms with van der Waals surface area (Å²) in [5, 5.41) is 5.69. The molecule has 0 radical (unpaired) electrons. The number of nitrogens with zero attached hydrogens (tertiary/aromatic N) is 2. The van der Waals surface area contributed by atoms with Gasteiger partial charge >= 0.3 is 18.4 Å². The maximum Gasteiger partial charge on any atom is 0.573 e. The molecule has 10 heteroatoms. The topological polar surface area (TPSA) is 73.9 Å². The maximum atomic E-state index is 12.6. The van der Waals surface area contributed by atoms with E-state index >= 15 is 0 Å². The van der Waals surface area contributed by atoms with Gasteiger partial charge in [0.15, 0.2) is 0 Å². The molecule has 1 aromatic rings. The van der Waals surface area contributed by atoms with Gasteiger partial charge < -0.3 is 25.2 Å². The van der Waals surface area contributed by atoms with Crippen LogP contribution in [0.3, 0.4) is 0 Å². The second-order valence-corrected chi connectivity index (χ2v) is 8.10. The Bertz CT molecular complexity index is 797. The lowest BCUT2D eigenvalue weighted by atomic mass is 10.1. The summed E-state index contributed by atoms with van der Waals surface area (Å²) in [6.07, 6.45) is -1.20. The van der Waals surface area contributed by atoms with Crippen LogP contribution in [0.25, 0.3) is 0 Å². The van der Waals surface area contributed by atoms with Gasteiger partial charge in [-0.2, -0.15) is 0 Å². The molecule has 164 valence electrons. The SMILES string of the molecule is CNC(=O)N(C1CC1)[C@@H]1CCN(C(=O)N[C@@H]2C[C@H]2c2ccc(OC(F)(F)F)cc2)C1. The summed E-state index contributed by atoms with van der Waals surface area (Å²) in [4.78, 5) is 28.4. The van der Waals surface area contributed by atoms with E-state index in [2.05, 4.69) is 15.4 Å². The molecule has 1 aromatic carbocycles. The van der Waals surface area contributed by atoms with E-state index in [9.17, 15) is 22.8 Å². The van der Waals surface area contributed by atoms with Crippen molar-refractivity contribution in [2.75, 3.05) is 20.1 Å². The van der Waals surface area contributed by atoms with Gasteiger partial charge in [-0.1, -0.05) is 12.1 Å². The van der Waals surface area contributed by atoms with Crippen molar-refractivity contribution >= 4 is 12.1 Å². The van der Waals surface area contributed by atoms with E-state index in [1.54, 1.807) is 24.1 Å². The number of urea groups is 2. The number of hydrogen-bond donors (Lipinski definition) is 2. The number of rotatable bonds is 5. The zero-order valence-electron chi connectivity index (χ0n) is 16.6. The van der Waals surface area contributed by atoms with Crippen molar-refractivity contribution in [3.8, 4) is 5.75 Å². The van der Waals surface area contributed by atoms with Crippen LogP contribution in [0.15, 0.2) is 24.3 Å². The number of alkyl halides is 3. The van der Waals surface area contributed by atoms with Gasteiger partial charge in [0.25, 0.3) is 0 Å². The molecule has 3 fully saturated rings. The number of amides is 4. The number of carbonyl (C=O) groups excluding carboxylic acids is 2. The van der Waals surface area contributed by atoms with Crippen LogP contribution < -0.4 is 15.4 Å². The monoisotopic (exact) mass is 426 g/mol. The molecular weight excluding hydrogens is 401 g/mol. The zero-order valence-corrected chi connectivity index (χ0v) is 16.6. The quantitative estimate of drug-likeness (QED) is 0.760. The number of nitrogens with one attached hydrogen (secondary N) is 2. The maximum absolute atomic E-state index is 12.6. The molecule has 2 aliphatic carbocycles. The molecule has 4 rings (SSSR count). The van der Waals surface area contributed by atoms with Crippen LogP contribution in [0.5, 0.6) is 5.75 Å². The van der Waals surface area contributed by atoms with E-state index in [-0.39, 0.29) is 41.9 Å². The molecule has 7 nitrogen and oxygen atoms in total. The first-order chi connectivity index (χ1) is 14.2. The van der Waals surface area contributed by atoms with E-state index in [0.29, 0.717) is 13.1 Å².